The van der Waals surface area contributed by atoms with Crippen LogP contribution in [-0.4, -0.2) is 11.5 Å². The van der Waals surface area contributed by atoms with Gasteiger partial charge in [-0.1, -0.05) is 0 Å². The van der Waals surface area contributed by atoms with E-state index >= 15 is 0 Å². The summed E-state index contributed by atoms with van der Waals surface area (Å²) in [6.07, 6.45) is 2.08. The zero-order valence-corrected chi connectivity index (χ0v) is 8.54. The second-order valence-corrected chi connectivity index (χ2v) is 4.21. The molecule has 0 aliphatic rings. The summed E-state index contributed by atoms with van der Waals surface area (Å²) in [7, 11) is 1.70. The monoisotopic (exact) mass is 203 g/mol. The number of hydrogen-bond acceptors (Lipinski definition) is 2. The molecule has 2 nitrogen and oxygen atoms in total. The van der Waals surface area contributed by atoms with E-state index in [0.29, 0.717) is 0 Å². The van der Waals surface area contributed by atoms with Gasteiger partial charge in [0.25, 0.3) is 0 Å². The minimum atomic E-state index is 0.919. The van der Waals surface area contributed by atoms with Crippen molar-refractivity contribution in [3.8, 4) is 5.75 Å². The number of benzene rings is 1. The van der Waals surface area contributed by atoms with Crippen LogP contribution >= 0.6 is 11.3 Å². The van der Waals surface area contributed by atoms with E-state index in [0.717, 1.165) is 5.75 Å². The van der Waals surface area contributed by atoms with Gasteiger partial charge in [0.15, 0.2) is 0 Å². The highest BCUT2D eigenvalue weighted by Crippen LogP contribution is 2.29. The molecule has 3 rings (SSSR count). The van der Waals surface area contributed by atoms with Crippen LogP contribution < -0.4 is 4.74 Å². The predicted molar refractivity (Wildman–Crippen MR) is 59.3 cm³/mol. The summed E-state index contributed by atoms with van der Waals surface area (Å²) in [5.74, 6) is 0.919. The first-order valence-corrected chi connectivity index (χ1v) is 5.24. The highest BCUT2D eigenvalue weighted by atomic mass is 32.1. The van der Waals surface area contributed by atoms with Gasteiger partial charge in [0.2, 0.25) is 0 Å². The molecule has 0 aliphatic heterocycles. The number of thiazole rings is 1. The third-order valence-electron chi connectivity index (χ3n) is 2.35. The molecule has 0 atom stereocenters. The fourth-order valence-electron chi connectivity index (χ4n) is 1.66. The van der Waals surface area contributed by atoms with Crippen molar-refractivity contribution in [2.45, 2.75) is 0 Å². The van der Waals surface area contributed by atoms with Crippen LogP contribution in [0.25, 0.3) is 15.0 Å². The van der Waals surface area contributed by atoms with Gasteiger partial charge in [0.05, 0.1) is 17.3 Å². The molecule has 1 aromatic carbocycles. The van der Waals surface area contributed by atoms with Crippen molar-refractivity contribution < 1.29 is 4.74 Å². The molecule has 2 heterocycles. The van der Waals surface area contributed by atoms with Crippen LogP contribution in [0.1, 0.15) is 0 Å². The lowest BCUT2D eigenvalue weighted by Gasteiger charge is -1.97. The standard InChI is InChI=1S/C11H9NOS/c1-13-8-4-5-9-10(7-8)14-11-3-2-6-12(9)11/h2-7H,1H3. The molecule has 0 bridgehead atoms. The van der Waals surface area contributed by atoms with Crippen LogP contribution in [-0.2, 0) is 0 Å². The van der Waals surface area contributed by atoms with Gasteiger partial charge in [-0.05, 0) is 30.3 Å². The molecule has 0 radical (unpaired) electrons. The van der Waals surface area contributed by atoms with Gasteiger partial charge in [-0.15, -0.1) is 11.3 Å². The van der Waals surface area contributed by atoms with Crippen molar-refractivity contribution in [3.05, 3.63) is 36.5 Å². The summed E-state index contributed by atoms with van der Waals surface area (Å²) < 4.78 is 8.65. The Hall–Kier alpha value is -1.48. The molecule has 0 unspecified atom stereocenters. The quantitative estimate of drug-likeness (QED) is 0.592. The van der Waals surface area contributed by atoms with Gasteiger partial charge in [0.1, 0.15) is 10.6 Å². The predicted octanol–water partition coefficient (Wildman–Crippen LogP) is 3.16. The molecule has 0 spiro atoms. The number of hydrogen-bond donors (Lipinski definition) is 0. The topological polar surface area (TPSA) is 13.6 Å². The lowest BCUT2D eigenvalue weighted by atomic mass is 10.3. The molecule has 0 aliphatic carbocycles. The molecule has 0 saturated carbocycles. The zero-order valence-electron chi connectivity index (χ0n) is 7.73. The van der Waals surface area contributed by atoms with E-state index in [9.17, 15) is 0 Å². The third-order valence-corrected chi connectivity index (χ3v) is 3.44. The summed E-state index contributed by atoms with van der Waals surface area (Å²) in [4.78, 5) is 1.27. The first-order chi connectivity index (χ1) is 6.88. The fraction of sp³-hybridized carbons (Fsp3) is 0.0909. The summed E-state index contributed by atoms with van der Waals surface area (Å²) in [6.45, 7) is 0. The number of nitrogens with zero attached hydrogens (tertiary/aromatic N) is 1. The maximum Gasteiger partial charge on any atom is 0.120 e. The Labute approximate surface area is 85.4 Å². The number of aromatic nitrogens is 1. The zero-order chi connectivity index (χ0) is 9.54. The molecule has 0 amide bonds. The molecule has 0 saturated heterocycles. The van der Waals surface area contributed by atoms with Crippen LogP contribution in [0, 0.1) is 0 Å². The molecule has 0 fully saturated rings. The Morgan fingerprint density at radius 1 is 1.29 bits per heavy atom. The maximum atomic E-state index is 5.19. The van der Waals surface area contributed by atoms with Gasteiger partial charge in [-0.2, -0.15) is 0 Å². The minimum Gasteiger partial charge on any atom is -0.497 e. The summed E-state index contributed by atoms with van der Waals surface area (Å²) in [6, 6.07) is 10.4. The van der Waals surface area contributed by atoms with Crippen molar-refractivity contribution >= 4 is 26.4 Å². The van der Waals surface area contributed by atoms with Crippen LogP contribution in [0.3, 0.4) is 0 Å². The van der Waals surface area contributed by atoms with Gasteiger partial charge >= 0.3 is 0 Å². The smallest absolute Gasteiger partial charge is 0.120 e. The van der Waals surface area contributed by atoms with E-state index in [-0.39, 0.29) is 0 Å². The van der Waals surface area contributed by atoms with Crippen molar-refractivity contribution in [2.24, 2.45) is 0 Å². The van der Waals surface area contributed by atoms with E-state index in [2.05, 4.69) is 34.9 Å². The molecule has 3 heteroatoms. The van der Waals surface area contributed by atoms with Gasteiger partial charge in [-0.3, -0.25) is 0 Å². The summed E-state index contributed by atoms with van der Waals surface area (Å²) in [5.41, 5.74) is 1.25. The number of ether oxygens (including phenoxy) is 1. The van der Waals surface area contributed by atoms with E-state index in [1.54, 1.807) is 18.4 Å². The van der Waals surface area contributed by atoms with Crippen LogP contribution in [0.2, 0.25) is 0 Å². The maximum absolute atomic E-state index is 5.19. The normalized spacial score (nSPS) is 11.2. The largest absolute Gasteiger partial charge is 0.497 e. The second kappa shape index (κ2) is 2.75. The first kappa shape index (κ1) is 7.88. The summed E-state index contributed by atoms with van der Waals surface area (Å²) in [5, 5.41) is 0. The van der Waals surface area contributed by atoms with Gasteiger partial charge < -0.3 is 9.14 Å². The minimum absolute atomic E-state index is 0.919. The van der Waals surface area contributed by atoms with Crippen LogP contribution in [0.5, 0.6) is 5.75 Å². The molecule has 2 aromatic heterocycles. The van der Waals surface area contributed by atoms with Gasteiger partial charge in [0, 0.05) is 6.20 Å². The highest BCUT2D eigenvalue weighted by molar-refractivity contribution is 7.24. The Balaban J connectivity index is 2.43. The van der Waals surface area contributed by atoms with Crippen molar-refractivity contribution in [1.82, 2.24) is 4.40 Å². The molecule has 0 N–H and O–H groups in total. The third kappa shape index (κ3) is 0.960. The Morgan fingerprint density at radius 2 is 2.21 bits per heavy atom. The average molecular weight is 203 g/mol. The number of methoxy groups -OCH3 is 1. The van der Waals surface area contributed by atoms with Crippen LogP contribution in [0.4, 0.5) is 0 Å². The van der Waals surface area contributed by atoms with Crippen molar-refractivity contribution in [3.63, 3.8) is 0 Å². The first-order valence-electron chi connectivity index (χ1n) is 4.42. The fourth-order valence-corrected chi connectivity index (χ4v) is 2.74. The van der Waals surface area contributed by atoms with E-state index in [1.807, 2.05) is 6.07 Å². The second-order valence-electron chi connectivity index (χ2n) is 3.15. The Bertz CT molecular complexity index is 593. The lowest BCUT2D eigenvalue weighted by Crippen LogP contribution is -1.81. The molecule has 3 aromatic rings. The van der Waals surface area contributed by atoms with E-state index in [1.165, 1.54) is 15.0 Å². The van der Waals surface area contributed by atoms with Gasteiger partial charge in [-0.25, -0.2) is 0 Å². The Kier molecular flexibility index (Phi) is 1.55. The molecule has 70 valence electrons. The number of rotatable bonds is 1. The van der Waals surface area contributed by atoms with Crippen molar-refractivity contribution in [2.75, 3.05) is 7.11 Å². The van der Waals surface area contributed by atoms with Crippen LogP contribution in [0.15, 0.2) is 36.5 Å². The molecular weight excluding hydrogens is 194 g/mol. The Morgan fingerprint density at radius 3 is 3.07 bits per heavy atom. The average Bonchev–Trinajstić information content (AvgIpc) is 2.75. The molecule has 14 heavy (non-hydrogen) atoms. The van der Waals surface area contributed by atoms with E-state index in [4.69, 9.17) is 4.74 Å². The SMILES string of the molecule is COc1ccc2c(c1)sc1cccn12. The van der Waals surface area contributed by atoms with Crippen molar-refractivity contribution in [1.29, 1.82) is 0 Å². The van der Waals surface area contributed by atoms with E-state index < -0.39 is 0 Å². The lowest BCUT2D eigenvalue weighted by molar-refractivity contribution is 0.415. The highest BCUT2D eigenvalue weighted by Gasteiger charge is 2.04. The molecular formula is C11H9NOS. The number of fused-ring (bicyclic) bond motifs is 3. The summed E-state index contributed by atoms with van der Waals surface area (Å²) >= 11 is 1.78.